The molecule has 2 aromatic heterocycles. The summed E-state index contributed by atoms with van der Waals surface area (Å²) in [6, 6.07) is 3.97. The van der Waals surface area contributed by atoms with Gasteiger partial charge in [0.05, 0.1) is 12.3 Å². The molecule has 0 saturated carbocycles. The van der Waals surface area contributed by atoms with Crippen LogP contribution in [0.3, 0.4) is 0 Å². The molecule has 0 atom stereocenters. The lowest BCUT2D eigenvalue weighted by Crippen LogP contribution is -2.07. The Hall–Kier alpha value is -1.68. The lowest BCUT2D eigenvalue weighted by Gasteiger charge is -2.11. The predicted octanol–water partition coefficient (Wildman–Crippen LogP) is 2.50. The van der Waals surface area contributed by atoms with Gasteiger partial charge in [-0.3, -0.25) is 0 Å². The third-order valence-electron chi connectivity index (χ3n) is 3.03. The highest BCUT2D eigenvalue weighted by Crippen LogP contribution is 2.19. The summed E-state index contributed by atoms with van der Waals surface area (Å²) < 4.78 is 1.75. The van der Waals surface area contributed by atoms with Crippen molar-refractivity contribution in [1.29, 1.82) is 0 Å². The summed E-state index contributed by atoms with van der Waals surface area (Å²) in [6.45, 7) is 8.12. The lowest BCUT2D eigenvalue weighted by molar-refractivity contribution is 0.280. The second kappa shape index (κ2) is 4.90. The van der Waals surface area contributed by atoms with Gasteiger partial charge in [0, 0.05) is 17.5 Å². The Balaban J connectivity index is 2.55. The Morgan fingerprint density at radius 1 is 1.33 bits per heavy atom. The number of aromatic nitrogens is 3. The van der Waals surface area contributed by atoms with E-state index in [2.05, 4.69) is 23.9 Å². The summed E-state index contributed by atoms with van der Waals surface area (Å²) in [4.78, 5) is 4.49. The summed E-state index contributed by atoms with van der Waals surface area (Å²) in [7, 11) is 0. The molecule has 0 aliphatic carbocycles. The minimum absolute atomic E-state index is 0.0225. The lowest BCUT2D eigenvalue weighted by atomic mass is 10.1. The largest absolute Gasteiger partial charge is 0.392 e. The van der Waals surface area contributed by atoms with Gasteiger partial charge in [-0.1, -0.05) is 13.8 Å². The van der Waals surface area contributed by atoms with Crippen LogP contribution in [0.15, 0.2) is 18.3 Å². The van der Waals surface area contributed by atoms with E-state index in [4.69, 9.17) is 0 Å². The van der Waals surface area contributed by atoms with Gasteiger partial charge in [0.25, 0.3) is 0 Å². The fourth-order valence-electron chi connectivity index (χ4n) is 1.99. The normalized spacial score (nSPS) is 11.2. The van der Waals surface area contributed by atoms with Gasteiger partial charge in [0.15, 0.2) is 5.82 Å². The van der Waals surface area contributed by atoms with Crippen molar-refractivity contribution in [3.05, 3.63) is 40.8 Å². The number of hydrogen-bond donors (Lipinski definition) is 1. The Morgan fingerprint density at radius 2 is 2.06 bits per heavy atom. The molecule has 0 radical (unpaired) electrons. The number of rotatable bonds is 3. The topological polar surface area (TPSA) is 50.9 Å². The molecule has 0 bridgehead atoms. The van der Waals surface area contributed by atoms with Crippen LogP contribution in [0.2, 0.25) is 0 Å². The fraction of sp³-hybridized carbons (Fsp3) is 0.429. The smallest absolute Gasteiger partial charge is 0.159 e. The van der Waals surface area contributed by atoms with E-state index in [1.807, 2.05) is 32.2 Å². The van der Waals surface area contributed by atoms with Crippen molar-refractivity contribution in [1.82, 2.24) is 14.8 Å². The SMILES string of the molecule is Cc1cc(C)c(CO)c(-n2ccc(C(C)C)n2)n1. The van der Waals surface area contributed by atoms with Crippen LogP contribution in [-0.4, -0.2) is 19.9 Å². The second-order valence-corrected chi connectivity index (χ2v) is 4.88. The molecule has 0 aliphatic rings. The standard InChI is InChI=1S/C14H19N3O/c1-9(2)13-5-6-17(16-13)14-12(8-18)10(3)7-11(4)15-14/h5-7,9,18H,8H2,1-4H3. The number of aliphatic hydroxyl groups excluding tert-OH is 1. The van der Waals surface area contributed by atoms with Crippen molar-refractivity contribution in [2.75, 3.05) is 0 Å². The third-order valence-corrected chi connectivity index (χ3v) is 3.03. The Morgan fingerprint density at radius 3 is 2.61 bits per heavy atom. The van der Waals surface area contributed by atoms with Gasteiger partial charge in [-0.2, -0.15) is 5.10 Å². The van der Waals surface area contributed by atoms with Crippen LogP contribution >= 0.6 is 0 Å². The summed E-state index contributed by atoms with van der Waals surface area (Å²) in [6.07, 6.45) is 1.90. The molecule has 0 amide bonds. The Labute approximate surface area is 107 Å². The van der Waals surface area contributed by atoms with E-state index in [0.717, 1.165) is 28.3 Å². The van der Waals surface area contributed by atoms with E-state index >= 15 is 0 Å². The zero-order chi connectivity index (χ0) is 13.3. The highest BCUT2D eigenvalue weighted by atomic mass is 16.3. The number of pyridine rings is 1. The van der Waals surface area contributed by atoms with Crippen molar-refractivity contribution < 1.29 is 5.11 Å². The molecule has 18 heavy (non-hydrogen) atoms. The minimum Gasteiger partial charge on any atom is -0.392 e. The van der Waals surface area contributed by atoms with E-state index < -0.39 is 0 Å². The van der Waals surface area contributed by atoms with E-state index in [-0.39, 0.29) is 6.61 Å². The summed E-state index contributed by atoms with van der Waals surface area (Å²) in [5, 5.41) is 14.0. The maximum absolute atomic E-state index is 9.49. The first-order chi connectivity index (χ1) is 8.52. The van der Waals surface area contributed by atoms with Gasteiger partial charge in [0.1, 0.15) is 0 Å². The molecule has 0 aromatic carbocycles. The second-order valence-electron chi connectivity index (χ2n) is 4.88. The van der Waals surface area contributed by atoms with Crippen molar-refractivity contribution in [3.63, 3.8) is 0 Å². The zero-order valence-electron chi connectivity index (χ0n) is 11.3. The molecule has 0 aliphatic heterocycles. The number of aryl methyl sites for hydroxylation is 2. The molecular weight excluding hydrogens is 226 g/mol. The van der Waals surface area contributed by atoms with E-state index in [0.29, 0.717) is 5.92 Å². The van der Waals surface area contributed by atoms with Crippen LogP contribution in [0.4, 0.5) is 0 Å². The van der Waals surface area contributed by atoms with Gasteiger partial charge in [-0.05, 0) is 37.5 Å². The van der Waals surface area contributed by atoms with Gasteiger partial charge in [-0.25, -0.2) is 9.67 Å². The first-order valence-electron chi connectivity index (χ1n) is 6.17. The maximum Gasteiger partial charge on any atom is 0.159 e. The minimum atomic E-state index is -0.0225. The zero-order valence-corrected chi connectivity index (χ0v) is 11.3. The molecule has 2 aromatic rings. The first kappa shape index (κ1) is 12.8. The average molecular weight is 245 g/mol. The number of aliphatic hydroxyl groups is 1. The van der Waals surface area contributed by atoms with Crippen LogP contribution in [0.5, 0.6) is 0 Å². The van der Waals surface area contributed by atoms with Crippen LogP contribution in [0, 0.1) is 13.8 Å². The van der Waals surface area contributed by atoms with Gasteiger partial charge >= 0.3 is 0 Å². The summed E-state index contributed by atoms with van der Waals surface area (Å²) in [5.74, 6) is 1.11. The van der Waals surface area contributed by atoms with Crippen molar-refractivity contribution in [2.45, 2.75) is 40.2 Å². The molecule has 96 valence electrons. The van der Waals surface area contributed by atoms with Crippen LogP contribution < -0.4 is 0 Å². The summed E-state index contributed by atoms with van der Waals surface area (Å²) >= 11 is 0. The Bertz CT molecular complexity index is 558. The first-order valence-corrected chi connectivity index (χ1v) is 6.17. The average Bonchev–Trinajstić information content (AvgIpc) is 2.77. The number of nitrogens with zero attached hydrogens (tertiary/aromatic N) is 3. The van der Waals surface area contributed by atoms with Crippen LogP contribution in [0.25, 0.3) is 5.82 Å². The van der Waals surface area contributed by atoms with Crippen molar-refractivity contribution >= 4 is 0 Å². The summed E-state index contributed by atoms with van der Waals surface area (Å²) in [5.41, 5.74) is 3.83. The molecule has 0 unspecified atom stereocenters. The van der Waals surface area contributed by atoms with Crippen LogP contribution in [-0.2, 0) is 6.61 Å². The monoisotopic (exact) mass is 245 g/mol. The maximum atomic E-state index is 9.49. The van der Waals surface area contributed by atoms with E-state index in [1.165, 1.54) is 0 Å². The number of hydrogen-bond acceptors (Lipinski definition) is 3. The third kappa shape index (κ3) is 2.29. The molecule has 0 spiro atoms. The highest BCUT2D eigenvalue weighted by Gasteiger charge is 2.12. The molecule has 0 fully saturated rings. The van der Waals surface area contributed by atoms with E-state index in [1.54, 1.807) is 4.68 Å². The highest BCUT2D eigenvalue weighted by molar-refractivity contribution is 5.40. The van der Waals surface area contributed by atoms with Crippen molar-refractivity contribution in [2.24, 2.45) is 0 Å². The molecule has 4 nitrogen and oxygen atoms in total. The van der Waals surface area contributed by atoms with E-state index in [9.17, 15) is 5.11 Å². The molecule has 4 heteroatoms. The van der Waals surface area contributed by atoms with Crippen molar-refractivity contribution in [3.8, 4) is 5.82 Å². The Kier molecular flexibility index (Phi) is 3.48. The fourth-order valence-corrected chi connectivity index (χ4v) is 1.99. The van der Waals surface area contributed by atoms with Gasteiger partial charge in [-0.15, -0.1) is 0 Å². The molecule has 1 N–H and O–H groups in total. The van der Waals surface area contributed by atoms with Gasteiger partial charge < -0.3 is 5.11 Å². The quantitative estimate of drug-likeness (QED) is 0.904. The molecule has 2 heterocycles. The molecule has 0 saturated heterocycles. The van der Waals surface area contributed by atoms with Crippen LogP contribution in [0.1, 0.15) is 42.3 Å². The predicted molar refractivity (Wildman–Crippen MR) is 70.8 cm³/mol. The molecular formula is C14H19N3O. The van der Waals surface area contributed by atoms with Gasteiger partial charge in [0.2, 0.25) is 0 Å². The molecule has 2 rings (SSSR count).